The van der Waals surface area contributed by atoms with Crippen molar-refractivity contribution in [3.05, 3.63) is 103 Å². The molecule has 1 N–H and O–H groups in total. The molecule has 3 aromatic heterocycles. The molecular formula is C25H17F2N5. The lowest BCUT2D eigenvalue weighted by atomic mass is 10.0. The first-order valence-electron chi connectivity index (χ1n) is 9.99. The standard InChI is InChI=1S/C25H17F2N5/c26-21-9-7-16(12-22(21)27)17-6-8-20-23(13-17)31-24(18-4-3-10-28-14-18)32-25(20)30-15-19-5-1-2-11-29-19/h1-14H,15H2,(H,30,31,32). The summed E-state index contributed by atoms with van der Waals surface area (Å²) in [5.41, 5.74) is 3.61. The van der Waals surface area contributed by atoms with Gasteiger partial charge in [0, 0.05) is 29.5 Å². The van der Waals surface area contributed by atoms with Gasteiger partial charge >= 0.3 is 0 Å². The molecule has 0 fully saturated rings. The Labute approximate surface area is 182 Å². The third kappa shape index (κ3) is 4.00. The van der Waals surface area contributed by atoms with Crippen molar-refractivity contribution in [2.24, 2.45) is 0 Å². The van der Waals surface area contributed by atoms with Gasteiger partial charge in [0.1, 0.15) is 5.82 Å². The number of rotatable bonds is 5. The molecule has 7 heteroatoms. The number of anilines is 1. The number of aromatic nitrogens is 4. The molecule has 0 atom stereocenters. The second-order valence-corrected chi connectivity index (χ2v) is 7.17. The predicted molar refractivity (Wildman–Crippen MR) is 120 cm³/mol. The van der Waals surface area contributed by atoms with E-state index in [0.717, 1.165) is 28.3 Å². The Balaban J connectivity index is 1.61. The lowest BCUT2D eigenvalue weighted by Gasteiger charge is -2.12. The molecule has 0 aliphatic heterocycles. The van der Waals surface area contributed by atoms with E-state index in [1.807, 2.05) is 48.5 Å². The maximum Gasteiger partial charge on any atom is 0.163 e. The number of pyridine rings is 2. The summed E-state index contributed by atoms with van der Waals surface area (Å²) in [7, 11) is 0. The number of hydrogen-bond donors (Lipinski definition) is 1. The molecule has 3 heterocycles. The van der Waals surface area contributed by atoms with Gasteiger partial charge in [-0.15, -0.1) is 0 Å². The van der Waals surface area contributed by atoms with Gasteiger partial charge in [-0.05, 0) is 59.7 Å². The highest BCUT2D eigenvalue weighted by molar-refractivity contribution is 5.93. The monoisotopic (exact) mass is 425 g/mol. The Bertz CT molecular complexity index is 1390. The molecule has 0 aliphatic rings. The summed E-state index contributed by atoms with van der Waals surface area (Å²) in [6.07, 6.45) is 5.12. The van der Waals surface area contributed by atoms with Crippen molar-refractivity contribution in [1.29, 1.82) is 0 Å². The topological polar surface area (TPSA) is 63.6 Å². The summed E-state index contributed by atoms with van der Waals surface area (Å²) in [5.74, 6) is -0.608. The molecule has 5 aromatic rings. The highest BCUT2D eigenvalue weighted by atomic mass is 19.2. The van der Waals surface area contributed by atoms with Crippen molar-refractivity contribution in [2.45, 2.75) is 6.54 Å². The minimum absolute atomic E-state index is 0.490. The van der Waals surface area contributed by atoms with E-state index < -0.39 is 11.6 Å². The maximum absolute atomic E-state index is 13.8. The summed E-state index contributed by atoms with van der Waals surface area (Å²) in [4.78, 5) is 17.9. The Morgan fingerprint density at radius 2 is 1.62 bits per heavy atom. The Morgan fingerprint density at radius 1 is 0.750 bits per heavy atom. The normalized spacial score (nSPS) is 10.9. The van der Waals surface area contributed by atoms with Crippen LogP contribution >= 0.6 is 0 Å². The molecule has 32 heavy (non-hydrogen) atoms. The highest BCUT2D eigenvalue weighted by Crippen LogP contribution is 2.30. The van der Waals surface area contributed by atoms with Crippen molar-refractivity contribution >= 4 is 16.7 Å². The van der Waals surface area contributed by atoms with Crippen LogP contribution in [0.15, 0.2) is 85.3 Å². The lowest BCUT2D eigenvalue weighted by molar-refractivity contribution is 0.509. The first-order valence-corrected chi connectivity index (χ1v) is 9.99. The van der Waals surface area contributed by atoms with Crippen LogP contribution in [0.3, 0.4) is 0 Å². The van der Waals surface area contributed by atoms with Crippen molar-refractivity contribution in [3.63, 3.8) is 0 Å². The number of nitrogens with one attached hydrogen (secondary N) is 1. The Morgan fingerprint density at radius 3 is 2.41 bits per heavy atom. The summed E-state index contributed by atoms with van der Waals surface area (Å²) < 4.78 is 27.1. The summed E-state index contributed by atoms with van der Waals surface area (Å²) in [5, 5.41) is 4.15. The van der Waals surface area contributed by atoms with Crippen LogP contribution in [0, 0.1) is 11.6 Å². The predicted octanol–water partition coefficient (Wildman–Crippen LogP) is 5.64. The van der Waals surface area contributed by atoms with Gasteiger partial charge in [0.05, 0.1) is 17.8 Å². The zero-order valence-corrected chi connectivity index (χ0v) is 16.8. The first-order chi connectivity index (χ1) is 15.7. The van der Waals surface area contributed by atoms with Crippen molar-refractivity contribution < 1.29 is 8.78 Å². The summed E-state index contributed by atoms with van der Waals surface area (Å²) in [6.45, 7) is 0.490. The van der Waals surface area contributed by atoms with Crippen LogP contribution in [-0.2, 0) is 6.54 Å². The van der Waals surface area contributed by atoms with Gasteiger partial charge in [-0.1, -0.05) is 18.2 Å². The molecule has 0 saturated heterocycles. The molecule has 0 radical (unpaired) electrons. The molecule has 5 rings (SSSR count). The fraction of sp³-hybridized carbons (Fsp3) is 0.0400. The number of fused-ring (bicyclic) bond motifs is 1. The SMILES string of the molecule is Fc1ccc(-c2ccc3c(NCc4ccccn4)nc(-c4cccnc4)nc3c2)cc1F. The summed E-state index contributed by atoms with van der Waals surface area (Å²) >= 11 is 0. The Hall–Kier alpha value is -4.26. The van der Waals surface area contributed by atoms with E-state index >= 15 is 0 Å². The van der Waals surface area contributed by atoms with E-state index in [1.54, 1.807) is 24.7 Å². The van der Waals surface area contributed by atoms with Gasteiger partial charge in [0.25, 0.3) is 0 Å². The molecule has 0 saturated carbocycles. The molecule has 0 aliphatic carbocycles. The van der Waals surface area contributed by atoms with Gasteiger partial charge in [0.15, 0.2) is 17.5 Å². The van der Waals surface area contributed by atoms with Crippen LogP contribution < -0.4 is 5.32 Å². The minimum atomic E-state index is -0.890. The van der Waals surface area contributed by atoms with Crippen LogP contribution in [0.5, 0.6) is 0 Å². The van der Waals surface area contributed by atoms with Crippen molar-refractivity contribution in [2.75, 3.05) is 5.32 Å². The quantitative estimate of drug-likeness (QED) is 0.395. The molecular weight excluding hydrogens is 408 g/mol. The molecule has 5 nitrogen and oxygen atoms in total. The number of hydrogen-bond acceptors (Lipinski definition) is 5. The van der Waals surface area contributed by atoms with Crippen LogP contribution in [0.25, 0.3) is 33.4 Å². The minimum Gasteiger partial charge on any atom is -0.364 e. The zero-order chi connectivity index (χ0) is 21.9. The van der Waals surface area contributed by atoms with E-state index in [-0.39, 0.29) is 0 Å². The first kappa shape index (κ1) is 19.7. The highest BCUT2D eigenvalue weighted by Gasteiger charge is 2.12. The molecule has 2 aromatic carbocycles. The van der Waals surface area contributed by atoms with Crippen molar-refractivity contribution in [3.8, 4) is 22.5 Å². The number of halogens is 2. The smallest absolute Gasteiger partial charge is 0.163 e. The van der Waals surface area contributed by atoms with Crippen LogP contribution in [-0.4, -0.2) is 19.9 Å². The molecule has 0 spiro atoms. The number of benzene rings is 2. The second kappa shape index (κ2) is 8.47. The van der Waals surface area contributed by atoms with Gasteiger partial charge in [-0.2, -0.15) is 0 Å². The van der Waals surface area contributed by atoms with Gasteiger partial charge in [-0.3, -0.25) is 9.97 Å². The second-order valence-electron chi connectivity index (χ2n) is 7.17. The van der Waals surface area contributed by atoms with Gasteiger partial charge in [0.2, 0.25) is 0 Å². The lowest BCUT2D eigenvalue weighted by Crippen LogP contribution is -2.05. The average molecular weight is 425 g/mol. The third-order valence-electron chi connectivity index (χ3n) is 5.03. The fourth-order valence-electron chi connectivity index (χ4n) is 3.42. The van der Waals surface area contributed by atoms with E-state index in [4.69, 9.17) is 9.97 Å². The third-order valence-corrected chi connectivity index (χ3v) is 5.03. The molecule has 0 unspecified atom stereocenters. The van der Waals surface area contributed by atoms with Gasteiger partial charge < -0.3 is 5.32 Å². The Kier molecular flexibility index (Phi) is 5.21. The summed E-state index contributed by atoms with van der Waals surface area (Å²) in [6, 6.07) is 18.8. The van der Waals surface area contributed by atoms with Crippen LogP contribution in [0.2, 0.25) is 0 Å². The molecule has 0 bridgehead atoms. The molecule has 156 valence electrons. The molecule has 0 amide bonds. The van der Waals surface area contributed by atoms with Crippen molar-refractivity contribution in [1.82, 2.24) is 19.9 Å². The van der Waals surface area contributed by atoms with Gasteiger partial charge in [-0.25, -0.2) is 18.7 Å². The largest absolute Gasteiger partial charge is 0.364 e. The van der Waals surface area contributed by atoms with Crippen LogP contribution in [0.4, 0.5) is 14.6 Å². The van der Waals surface area contributed by atoms with E-state index in [0.29, 0.717) is 29.3 Å². The fourth-order valence-corrected chi connectivity index (χ4v) is 3.42. The maximum atomic E-state index is 13.8. The van der Waals surface area contributed by atoms with E-state index in [1.165, 1.54) is 6.07 Å². The average Bonchev–Trinajstić information content (AvgIpc) is 2.85. The van der Waals surface area contributed by atoms with Crippen LogP contribution in [0.1, 0.15) is 5.69 Å². The number of nitrogens with zero attached hydrogens (tertiary/aromatic N) is 4. The van der Waals surface area contributed by atoms with E-state index in [9.17, 15) is 8.78 Å². The van der Waals surface area contributed by atoms with E-state index in [2.05, 4.69) is 15.3 Å². The zero-order valence-electron chi connectivity index (χ0n) is 16.8.